The molecule has 4 nitrogen and oxygen atoms in total. The molecule has 6 heteroatoms. The molecule has 0 aliphatic carbocycles. The number of hydrogen-bond acceptors (Lipinski definition) is 3. The highest BCUT2D eigenvalue weighted by molar-refractivity contribution is 6.31. The number of nitrogens with one attached hydrogen (secondary N) is 1. The first kappa shape index (κ1) is 16.2. The molecular formula is C18H14ClFN2O2. The lowest BCUT2D eigenvalue weighted by molar-refractivity contribution is -0.115. The van der Waals surface area contributed by atoms with Crippen molar-refractivity contribution in [2.45, 2.75) is 13.3 Å². The van der Waals surface area contributed by atoms with E-state index in [1.807, 2.05) is 30.3 Å². The van der Waals surface area contributed by atoms with Gasteiger partial charge in [-0.1, -0.05) is 29.8 Å². The van der Waals surface area contributed by atoms with Crippen molar-refractivity contribution in [3.63, 3.8) is 0 Å². The molecule has 1 amide bonds. The van der Waals surface area contributed by atoms with Crippen molar-refractivity contribution in [1.29, 1.82) is 0 Å². The van der Waals surface area contributed by atoms with E-state index in [0.29, 0.717) is 23.0 Å². The highest BCUT2D eigenvalue weighted by Crippen LogP contribution is 2.23. The van der Waals surface area contributed by atoms with Crippen LogP contribution >= 0.6 is 11.6 Å². The van der Waals surface area contributed by atoms with E-state index in [9.17, 15) is 9.18 Å². The van der Waals surface area contributed by atoms with E-state index in [-0.39, 0.29) is 17.4 Å². The monoisotopic (exact) mass is 344 g/mol. The maximum absolute atomic E-state index is 13.1. The van der Waals surface area contributed by atoms with Crippen LogP contribution < -0.4 is 5.32 Å². The minimum Gasteiger partial charge on any atom is -0.441 e. The van der Waals surface area contributed by atoms with E-state index >= 15 is 0 Å². The predicted molar refractivity (Wildman–Crippen MR) is 90.4 cm³/mol. The number of hydrogen-bond donors (Lipinski definition) is 1. The van der Waals surface area contributed by atoms with Crippen LogP contribution in [0.4, 0.5) is 10.1 Å². The zero-order valence-corrected chi connectivity index (χ0v) is 13.6. The van der Waals surface area contributed by atoms with E-state index in [4.69, 9.17) is 16.0 Å². The van der Waals surface area contributed by atoms with Crippen molar-refractivity contribution in [2.75, 3.05) is 5.32 Å². The summed E-state index contributed by atoms with van der Waals surface area (Å²) in [7, 11) is 0. The molecule has 0 spiro atoms. The van der Waals surface area contributed by atoms with Crippen LogP contribution in [0.15, 0.2) is 52.9 Å². The van der Waals surface area contributed by atoms with Crippen LogP contribution in [0, 0.1) is 12.7 Å². The average Bonchev–Trinajstić information content (AvgIpc) is 2.93. The molecule has 0 radical (unpaired) electrons. The van der Waals surface area contributed by atoms with Crippen LogP contribution in [0.5, 0.6) is 0 Å². The molecule has 0 atom stereocenters. The molecule has 0 saturated carbocycles. The molecule has 0 unspecified atom stereocenters. The fraction of sp³-hybridized carbons (Fsp3) is 0.111. The Morgan fingerprint density at radius 2 is 2.00 bits per heavy atom. The Hall–Kier alpha value is -2.66. The first-order chi connectivity index (χ1) is 11.5. The summed E-state index contributed by atoms with van der Waals surface area (Å²) >= 11 is 5.70. The van der Waals surface area contributed by atoms with Gasteiger partial charge in [-0.3, -0.25) is 4.79 Å². The summed E-state index contributed by atoms with van der Waals surface area (Å²) in [5.41, 5.74) is 1.83. The van der Waals surface area contributed by atoms with E-state index in [2.05, 4.69) is 10.3 Å². The number of amides is 1. The zero-order chi connectivity index (χ0) is 17.1. The molecule has 1 aromatic heterocycles. The van der Waals surface area contributed by atoms with Crippen LogP contribution in [0.25, 0.3) is 11.5 Å². The number of aryl methyl sites for hydroxylation is 1. The number of oxazole rings is 1. The van der Waals surface area contributed by atoms with Crippen molar-refractivity contribution < 1.29 is 13.6 Å². The molecule has 0 aliphatic heterocycles. The summed E-state index contributed by atoms with van der Waals surface area (Å²) in [5.74, 6) is 0.241. The average molecular weight is 345 g/mol. The summed E-state index contributed by atoms with van der Waals surface area (Å²) in [6, 6.07) is 13.5. The maximum atomic E-state index is 13.1. The van der Waals surface area contributed by atoms with Gasteiger partial charge in [-0.15, -0.1) is 0 Å². The number of halogens is 2. The van der Waals surface area contributed by atoms with Gasteiger partial charge in [0, 0.05) is 11.3 Å². The summed E-state index contributed by atoms with van der Waals surface area (Å²) in [6.45, 7) is 1.76. The number of benzene rings is 2. The Balaban J connectivity index is 1.72. The molecule has 3 aromatic rings. The number of anilines is 1. The van der Waals surface area contributed by atoms with Gasteiger partial charge in [0.25, 0.3) is 0 Å². The third-order valence-electron chi connectivity index (χ3n) is 3.44. The van der Waals surface area contributed by atoms with Gasteiger partial charge in [-0.05, 0) is 37.3 Å². The van der Waals surface area contributed by atoms with Crippen LogP contribution in [-0.4, -0.2) is 10.9 Å². The van der Waals surface area contributed by atoms with Gasteiger partial charge in [0.1, 0.15) is 11.6 Å². The Morgan fingerprint density at radius 3 is 2.71 bits per heavy atom. The van der Waals surface area contributed by atoms with Crippen molar-refractivity contribution in [1.82, 2.24) is 4.98 Å². The molecule has 122 valence electrons. The normalized spacial score (nSPS) is 10.6. The fourth-order valence-corrected chi connectivity index (χ4v) is 2.41. The molecule has 24 heavy (non-hydrogen) atoms. The number of carbonyl (C=O) groups excluding carboxylic acids is 1. The van der Waals surface area contributed by atoms with Crippen LogP contribution in [0.2, 0.25) is 5.02 Å². The summed E-state index contributed by atoms with van der Waals surface area (Å²) in [4.78, 5) is 16.5. The Kier molecular flexibility index (Phi) is 4.62. The van der Waals surface area contributed by atoms with Gasteiger partial charge in [0.05, 0.1) is 17.1 Å². The van der Waals surface area contributed by atoms with Crippen molar-refractivity contribution in [2.24, 2.45) is 0 Å². The second-order valence-electron chi connectivity index (χ2n) is 5.24. The lowest BCUT2D eigenvalue weighted by Crippen LogP contribution is -2.15. The summed E-state index contributed by atoms with van der Waals surface area (Å²) < 4.78 is 18.8. The van der Waals surface area contributed by atoms with Gasteiger partial charge in [0.15, 0.2) is 0 Å². The van der Waals surface area contributed by atoms with Gasteiger partial charge in [-0.2, -0.15) is 0 Å². The van der Waals surface area contributed by atoms with Gasteiger partial charge in [-0.25, -0.2) is 9.37 Å². The van der Waals surface area contributed by atoms with Gasteiger partial charge < -0.3 is 9.73 Å². The number of nitrogens with zero attached hydrogens (tertiary/aromatic N) is 1. The standard InChI is InChI=1S/C18H14ClFN2O2/c1-11-16(22-18(24-11)12-5-3-2-4-6-12)10-17(23)21-13-7-8-15(20)14(19)9-13/h2-9H,10H2,1H3,(H,21,23). The van der Waals surface area contributed by atoms with Gasteiger partial charge >= 0.3 is 0 Å². The van der Waals surface area contributed by atoms with Crippen LogP contribution in [0.3, 0.4) is 0 Å². The Bertz CT molecular complexity index is 878. The van der Waals surface area contributed by atoms with Crippen molar-refractivity contribution >= 4 is 23.2 Å². The van der Waals surface area contributed by atoms with E-state index in [0.717, 1.165) is 5.56 Å². The lowest BCUT2D eigenvalue weighted by Gasteiger charge is -2.05. The van der Waals surface area contributed by atoms with Gasteiger partial charge in [0.2, 0.25) is 11.8 Å². The van der Waals surface area contributed by atoms with E-state index in [1.165, 1.54) is 18.2 Å². The lowest BCUT2D eigenvalue weighted by atomic mass is 10.2. The first-order valence-corrected chi connectivity index (χ1v) is 7.67. The smallest absolute Gasteiger partial charge is 0.230 e. The molecule has 0 fully saturated rings. The molecule has 0 aliphatic rings. The van der Waals surface area contributed by atoms with Crippen LogP contribution in [0.1, 0.15) is 11.5 Å². The third kappa shape index (κ3) is 3.63. The molecular weight excluding hydrogens is 331 g/mol. The van der Waals surface area contributed by atoms with Crippen LogP contribution in [-0.2, 0) is 11.2 Å². The largest absolute Gasteiger partial charge is 0.441 e. The van der Waals surface area contributed by atoms with Crippen molar-refractivity contribution in [3.8, 4) is 11.5 Å². The summed E-state index contributed by atoms with van der Waals surface area (Å²) in [5, 5.41) is 2.62. The molecule has 3 rings (SSSR count). The zero-order valence-electron chi connectivity index (χ0n) is 12.8. The number of aromatic nitrogens is 1. The molecule has 0 bridgehead atoms. The SMILES string of the molecule is Cc1oc(-c2ccccc2)nc1CC(=O)Nc1ccc(F)c(Cl)c1. The first-order valence-electron chi connectivity index (χ1n) is 7.29. The van der Waals surface area contributed by atoms with E-state index < -0.39 is 5.82 Å². The fourth-order valence-electron chi connectivity index (χ4n) is 2.23. The van der Waals surface area contributed by atoms with Crippen molar-refractivity contribution in [3.05, 3.63) is 70.8 Å². The quantitative estimate of drug-likeness (QED) is 0.751. The number of rotatable bonds is 4. The molecule has 1 heterocycles. The Labute approximate surface area is 143 Å². The van der Waals surface area contributed by atoms with E-state index in [1.54, 1.807) is 6.92 Å². The molecule has 2 aromatic carbocycles. The highest BCUT2D eigenvalue weighted by atomic mass is 35.5. The highest BCUT2D eigenvalue weighted by Gasteiger charge is 2.15. The minimum atomic E-state index is -0.533. The second kappa shape index (κ2) is 6.84. The number of carbonyl (C=O) groups is 1. The third-order valence-corrected chi connectivity index (χ3v) is 3.73. The molecule has 0 saturated heterocycles. The minimum absolute atomic E-state index is 0.0446. The summed E-state index contributed by atoms with van der Waals surface area (Å²) in [6.07, 6.45) is 0.0527. The predicted octanol–water partition coefficient (Wildman–Crippen LogP) is 4.62. The second-order valence-corrected chi connectivity index (χ2v) is 5.65. The topological polar surface area (TPSA) is 55.1 Å². The maximum Gasteiger partial charge on any atom is 0.230 e. The molecule has 1 N–H and O–H groups in total. The Morgan fingerprint density at radius 1 is 1.25 bits per heavy atom.